The molecule has 2 aromatic rings. The van der Waals surface area contributed by atoms with E-state index in [4.69, 9.17) is 14.6 Å². The third-order valence-electron chi connectivity index (χ3n) is 3.43. The molecule has 7 nitrogen and oxygen atoms in total. The van der Waals surface area contributed by atoms with Gasteiger partial charge in [-0.15, -0.1) is 0 Å². The Bertz CT molecular complexity index is 745. The van der Waals surface area contributed by atoms with Crippen LogP contribution in [0.3, 0.4) is 0 Å². The van der Waals surface area contributed by atoms with Crippen LogP contribution in [0.4, 0.5) is 5.69 Å². The maximum Gasteiger partial charge on any atom is 0.341 e. The number of fused-ring (bicyclic) bond motifs is 1. The first kappa shape index (κ1) is 17.7. The number of pyridine rings is 1. The summed E-state index contributed by atoms with van der Waals surface area (Å²) in [7, 11) is 1.30. The van der Waals surface area contributed by atoms with Gasteiger partial charge in [0.2, 0.25) is 0 Å². The number of aliphatic hydroxyl groups is 1. The molecule has 1 aromatic carbocycles. The summed E-state index contributed by atoms with van der Waals surface area (Å²) in [6.45, 7) is 2.46. The standard InChI is InChI=1S/C17H20N2O5/c1-3-24-17(22)13-10-19-14-11(15(13)18-8-5-9-20)6-4-7-12(14)16(21)23-2/h4,6-7,10,20H,3,5,8-9H2,1-2H3,(H,18,19). The van der Waals surface area contributed by atoms with E-state index in [1.54, 1.807) is 25.1 Å². The molecule has 0 saturated carbocycles. The molecule has 0 spiro atoms. The van der Waals surface area contributed by atoms with Crippen LogP contribution in [-0.2, 0) is 9.47 Å². The molecule has 24 heavy (non-hydrogen) atoms. The van der Waals surface area contributed by atoms with Crippen LogP contribution in [0, 0.1) is 0 Å². The molecule has 0 radical (unpaired) electrons. The fourth-order valence-corrected chi connectivity index (χ4v) is 2.34. The molecule has 128 valence electrons. The van der Waals surface area contributed by atoms with E-state index >= 15 is 0 Å². The monoisotopic (exact) mass is 332 g/mol. The Balaban J connectivity index is 2.60. The normalized spacial score (nSPS) is 10.5. The summed E-state index contributed by atoms with van der Waals surface area (Å²) >= 11 is 0. The smallest absolute Gasteiger partial charge is 0.341 e. The lowest BCUT2D eigenvalue weighted by Crippen LogP contribution is -2.13. The van der Waals surface area contributed by atoms with Crippen molar-refractivity contribution in [2.45, 2.75) is 13.3 Å². The Morgan fingerprint density at radius 3 is 2.71 bits per heavy atom. The van der Waals surface area contributed by atoms with E-state index in [0.29, 0.717) is 35.1 Å². The molecule has 2 N–H and O–H groups in total. The van der Waals surface area contributed by atoms with Gasteiger partial charge in [-0.05, 0) is 19.4 Å². The van der Waals surface area contributed by atoms with Crippen molar-refractivity contribution in [1.82, 2.24) is 4.98 Å². The highest BCUT2D eigenvalue weighted by atomic mass is 16.5. The molecule has 0 atom stereocenters. The zero-order chi connectivity index (χ0) is 17.5. The Morgan fingerprint density at radius 2 is 2.04 bits per heavy atom. The van der Waals surface area contributed by atoms with Crippen molar-refractivity contribution in [1.29, 1.82) is 0 Å². The lowest BCUT2D eigenvalue weighted by Gasteiger charge is -2.15. The predicted molar refractivity (Wildman–Crippen MR) is 89.2 cm³/mol. The Labute approximate surface area is 139 Å². The van der Waals surface area contributed by atoms with Crippen molar-refractivity contribution in [2.75, 3.05) is 32.2 Å². The van der Waals surface area contributed by atoms with E-state index in [-0.39, 0.29) is 18.8 Å². The van der Waals surface area contributed by atoms with E-state index in [0.717, 1.165) is 0 Å². The maximum absolute atomic E-state index is 12.2. The number of aromatic nitrogens is 1. The molecule has 7 heteroatoms. The van der Waals surface area contributed by atoms with E-state index < -0.39 is 11.9 Å². The first-order valence-electron chi connectivity index (χ1n) is 7.65. The highest BCUT2D eigenvalue weighted by Gasteiger charge is 2.19. The number of ether oxygens (including phenoxy) is 2. The summed E-state index contributed by atoms with van der Waals surface area (Å²) in [5.41, 5.74) is 1.56. The number of hydrogen-bond acceptors (Lipinski definition) is 7. The number of methoxy groups -OCH3 is 1. The number of esters is 2. The molecular formula is C17H20N2O5. The van der Waals surface area contributed by atoms with Crippen LogP contribution in [0.1, 0.15) is 34.1 Å². The fraction of sp³-hybridized carbons (Fsp3) is 0.353. The summed E-state index contributed by atoms with van der Waals surface area (Å²) in [5.74, 6) is -1.000. The van der Waals surface area contributed by atoms with Crippen LogP contribution < -0.4 is 5.32 Å². The van der Waals surface area contributed by atoms with Gasteiger partial charge in [-0.25, -0.2) is 9.59 Å². The number of benzene rings is 1. The minimum absolute atomic E-state index is 0.0260. The molecular weight excluding hydrogens is 312 g/mol. The fourth-order valence-electron chi connectivity index (χ4n) is 2.34. The summed E-state index contributed by atoms with van der Waals surface area (Å²) in [6, 6.07) is 5.07. The number of hydrogen-bond donors (Lipinski definition) is 2. The highest BCUT2D eigenvalue weighted by molar-refractivity contribution is 6.10. The number of nitrogens with one attached hydrogen (secondary N) is 1. The van der Waals surface area contributed by atoms with Gasteiger partial charge in [0.05, 0.1) is 30.5 Å². The number of nitrogens with zero attached hydrogens (tertiary/aromatic N) is 1. The summed E-state index contributed by atoms with van der Waals surface area (Å²) in [6.07, 6.45) is 1.90. The minimum atomic E-state index is -0.502. The Hall–Kier alpha value is -2.67. The number of para-hydroxylation sites is 1. The van der Waals surface area contributed by atoms with Crippen molar-refractivity contribution in [2.24, 2.45) is 0 Å². The quantitative estimate of drug-likeness (QED) is 0.591. The maximum atomic E-state index is 12.2. The van der Waals surface area contributed by atoms with Crippen LogP contribution in [-0.4, -0.2) is 48.9 Å². The summed E-state index contributed by atoms with van der Waals surface area (Å²) in [4.78, 5) is 28.3. The van der Waals surface area contributed by atoms with Gasteiger partial charge in [0.1, 0.15) is 5.56 Å². The van der Waals surface area contributed by atoms with Gasteiger partial charge in [0.15, 0.2) is 0 Å². The van der Waals surface area contributed by atoms with Crippen LogP contribution in [0.25, 0.3) is 10.9 Å². The second kappa shape index (κ2) is 8.26. The topological polar surface area (TPSA) is 97.8 Å². The molecule has 0 bridgehead atoms. The van der Waals surface area contributed by atoms with Gasteiger partial charge in [0.25, 0.3) is 0 Å². The number of carbonyl (C=O) groups excluding carboxylic acids is 2. The van der Waals surface area contributed by atoms with Gasteiger partial charge in [-0.1, -0.05) is 12.1 Å². The first-order valence-corrected chi connectivity index (χ1v) is 7.65. The van der Waals surface area contributed by atoms with E-state index in [1.165, 1.54) is 13.3 Å². The molecule has 2 rings (SSSR count). The minimum Gasteiger partial charge on any atom is -0.465 e. The molecule has 0 saturated heterocycles. The van der Waals surface area contributed by atoms with Crippen molar-refractivity contribution in [3.63, 3.8) is 0 Å². The molecule has 0 fully saturated rings. The number of carbonyl (C=O) groups is 2. The summed E-state index contributed by atoms with van der Waals surface area (Å²) < 4.78 is 9.84. The molecule has 0 amide bonds. The average Bonchev–Trinajstić information content (AvgIpc) is 2.60. The lowest BCUT2D eigenvalue weighted by molar-refractivity contribution is 0.0526. The first-order chi connectivity index (χ1) is 11.6. The molecule has 0 aliphatic carbocycles. The van der Waals surface area contributed by atoms with Gasteiger partial charge in [0, 0.05) is 24.7 Å². The van der Waals surface area contributed by atoms with E-state index in [1.807, 2.05) is 0 Å². The molecule has 1 heterocycles. The average molecular weight is 332 g/mol. The van der Waals surface area contributed by atoms with Crippen molar-refractivity contribution in [3.8, 4) is 0 Å². The van der Waals surface area contributed by atoms with Crippen LogP contribution in [0.5, 0.6) is 0 Å². The van der Waals surface area contributed by atoms with Crippen molar-refractivity contribution in [3.05, 3.63) is 35.5 Å². The number of aliphatic hydroxyl groups excluding tert-OH is 1. The largest absolute Gasteiger partial charge is 0.465 e. The Kier molecular flexibility index (Phi) is 6.08. The predicted octanol–water partition coefficient (Wildman–Crippen LogP) is 1.99. The summed E-state index contributed by atoms with van der Waals surface area (Å²) in [5, 5.41) is 12.7. The van der Waals surface area contributed by atoms with Gasteiger partial charge < -0.3 is 19.9 Å². The zero-order valence-corrected chi connectivity index (χ0v) is 13.7. The lowest BCUT2D eigenvalue weighted by atomic mass is 10.0. The zero-order valence-electron chi connectivity index (χ0n) is 13.7. The van der Waals surface area contributed by atoms with E-state index in [2.05, 4.69) is 10.3 Å². The second-order valence-electron chi connectivity index (χ2n) is 4.96. The van der Waals surface area contributed by atoms with Crippen molar-refractivity contribution >= 4 is 28.5 Å². The van der Waals surface area contributed by atoms with Crippen molar-refractivity contribution < 1.29 is 24.2 Å². The molecule has 1 aromatic heterocycles. The third kappa shape index (κ3) is 3.62. The highest BCUT2D eigenvalue weighted by Crippen LogP contribution is 2.29. The SMILES string of the molecule is CCOC(=O)c1cnc2c(C(=O)OC)cccc2c1NCCCO. The Morgan fingerprint density at radius 1 is 1.25 bits per heavy atom. The van der Waals surface area contributed by atoms with Gasteiger partial charge in [-0.3, -0.25) is 4.98 Å². The third-order valence-corrected chi connectivity index (χ3v) is 3.43. The number of anilines is 1. The number of rotatable bonds is 7. The molecule has 0 aliphatic rings. The van der Waals surface area contributed by atoms with Gasteiger partial charge in [-0.2, -0.15) is 0 Å². The van der Waals surface area contributed by atoms with Crippen LogP contribution >= 0.6 is 0 Å². The molecule has 0 aliphatic heterocycles. The second-order valence-corrected chi connectivity index (χ2v) is 4.96. The van der Waals surface area contributed by atoms with Crippen LogP contribution in [0.2, 0.25) is 0 Å². The van der Waals surface area contributed by atoms with E-state index in [9.17, 15) is 9.59 Å². The van der Waals surface area contributed by atoms with Gasteiger partial charge >= 0.3 is 11.9 Å². The van der Waals surface area contributed by atoms with Crippen LogP contribution in [0.15, 0.2) is 24.4 Å². The molecule has 0 unspecified atom stereocenters.